The van der Waals surface area contributed by atoms with Crippen LogP contribution in [0, 0.1) is 0 Å². The Balaban J connectivity index is 1.35. The van der Waals surface area contributed by atoms with Gasteiger partial charge < -0.3 is 14.4 Å². The minimum atomic E-state index is -4.15. The molecule has 0 aliphatic carbocycles. The molecule has 2 fully saturated rings. The molecular formula is C28H36N4O8S. The summed E-state index contributed by atoms with van der Waals surface area (Å²) in [5.74, 6) is -0.827. The van der Waals surface area contributed by atoms with Crippen LogP contribution in [-0.2, 0) is 24.2 Å². The number of rotatable bonds is 12. The minimum absolute atomic E-state index is 0.0257. The number of hydrogen-bond donors (Lipinski definition) is 2. The lowest BCUT2D eigenvalue weighted by Crippen LogP contribution is -2.57. The van der Waals surface area contributed by atoms with Crippen molar-refractivity contribution in [3.63, 3.8) is 0 Å². The molecule has 2 aliphatic heterocycles. The number of sulfone groups is 1. The molecule has 222 valence electrons. The van der Waals surface area contributed by atoms with Crippen LogP contribution in [0.25, 0.3) is 0 Å². The number of benzene rings is 2. The molecule has 13 heteroatoms. The summed E-state index contributed by atoms with van der Waals surface area (Å²) in [6.07, 6.45) is 0.433. The summed E-state index contributed by atoms with van der Waals surface area (Å²) >= 11 is 0. The molecule has 0 aromatic heterocycles. The maximum Gasteiger partial charge on any atom is 0.331 e. The van der Waals surface area contributed by atoms with Gasteiger partial charge in [0.05, 0.1) is 18.1 Å². The zero-order valence-electron chi connectivity index (χ0n) is 23.2. The minimum Gasteiger partial charge on any atom is -0.494 e. The second-order valence-corrected chi connectivity index (χ2v) is 12.4. The molecule has 0 saturated carbocycles. The lowest BCUT2D eigenvalue weighted by atomic mass is 9.95. The van der Waals surface area contributed by atoms with Gasteiger partial charge in [-0.2, -0.15) is 0 Å². The van der Waals surface area contributed by atoms with E-state index < -0.39 is 26.5 Å². The molecule has 12 nitrogen and oxygen atoms in total. The largest absolute Gasteiger partial charge is 0.494 e. The molecule has 2 saturated heterocycles. The molecule has 41 heavy (non-hydrogen) atoms. The summed E-state index contributed by atoms with van der Waals surface area (Å²) in [5.41, 5.74) is 2.21. The van der Waals surface area contributed by atoms with Crippen LogP contribution in [0.4, 0.5) is 10.5 Å². The van der Waals surface area contributed by atoms with Gasteiger partial charge >= 0.3 is 6.03 Å². The summed E-state index contributed by atoms with van der Waals surface area (Å²) in [4.78, 5) is 42.9. The maximum atomic E-state index is 13.6. The SMILES string of the molecule is COCCN1CCC(C(=O)NO)(S(=O)(=O)c2ccc(OCCCN3C(=O)[C@@H](C)N(c4ccccc4)C3=O)cc2)CC1. The Hall–Kier alpha value is -3.52. The molecule has 1 atom stereocenters. The van der Waals surface area contributed by atoms with Crippen LogP contribution in [0.15, 0.2) is 59.5 Å². The molecule has 0 radical (unpaired) electrons. The zero-order chi connectivity index (χ0) is 29.6. The predicted octanol–water partition coefficient (Wildman–Crippen LogP) is 2.07. The number of piperidine rings is 1. The van der Waals surface area contributed by atoms with E-state index in [1.165, 1.54) is 34.1 Å². The highest BCUT2D eigenvalue weighted by atomic mass is 32.2. The number of urea groups is 1. The van der Waals surface area contributed by atoms with Crippen molar-refractivity contribution in [2.24, 2.45) is 0 Å². The maximum absolute atomic E-state index is 13.6. The highest BCUT2D eigenvalue weighted by Gasteiger charge is 2.53. The third-order valence-corrected chi connectivity index (χ3v) is 10.2. The Morgan fingerprint density at radius 3 is 2.29 bits per heavy atom. The van der Waals surface area contributed by atoms with E-state index in [4.69, 9.17) is 9.47 Å². The molecule has 4 amide bonds. The summed E-state index contributed by atoms with van der Waals surface area (Å²) in [7, 11) is -2.57. The van der Waals surface area contributed by atoms with Crippen LogP contribution in [0.1, 0.15) is 26.2 Å². The molecule has 2 aromatic carbocycles. The first-order valence-corrected chi connectivity index (χ1v) is 15.0. The normalized spacial score (nSPS) is 19.4. The molecule has 2 aliphatic rings. The van der Waals surface area contributed by atoms with Crippen LogP contribution in [0.2, 0.25) is 0 Å². The highest BCUT2D eigenvalue weighted by Crippen LogP contribution is 2.36. The number of likely N-dealkylation sites (tertiary alicyclic amines) is 1. The molecule has 0 spiro atoms. The fourth-order valence-electron chi connectivity index (χ4n) is 5.29. The predicted molar refractivity (Wildman–Crippen MR) is 149 cm³/mol. The molecule has 4 rings (SSSR count). The van der Waals surface area contributed by atoms with Crippen molar-refractivity contribution >= 4 is 33.4 Å². The van der Waals surface area contributed by atoms with Crippen molar-refractivity contribution in [2.75, 3.05) is 51.4 Å². The third kappa shape index (κ3) is 6.08. The number of hydroxylamine groups is 1. The van der Waals surface area contributed by atoms with Crippen LogP contribution in [0.5, 0.6) is 5.75 Å². The topological polar surface area (TPSA) is 146 Å². The van der Waals surface area contributed by atoms with Gasteiger partial charge in [-0.3, -0.25) is 24.6 Å². The molecule has 2 heterocycles. The van der Waals surface area contributed by atoms with E-state index in [9.17, 15) is 28.0 Å². The first-order chi connectivity index (χ1) is 19.7. The van der Waals surface area contributed by atoms with Gasteiger partial charge in [0.25, 0.3) is 11.8 Å². The smallest absolute Gasteiger partial charge is 0.331 e. The van der Waals surface area contributed by atoms with E-state index in [2.05, 4.69) is 0 Å². The number of ether oxygens (including phenoxy) is 2. The van der Waals surface area contributed by atoms with E-state index in [1.807, 2.05) is 11.0 Å². The molecule has 0 bridgehead atoms. The molecule has 2 aromatic rings. The number of carbonyl (C=O) groups excluding carboxylic acids is 3. The Morgan fingerprint density at radius 1 is 1.02 bits per heavy atom. The van der Waals surface area contributed by atoms with Gasteiger partial charge in [0.2, 0.25) is 0 Å². The average Bonchev–Trinajstić information content (AvgIpc) is 3.21. The number of nitrogens with one attached hydrogen (secondary N) is 1. The number of hydrogen-bond acceptors (Lipinski definition) is 9. The van der Waals surface area contributed by atoms with Crippen molar-refractivity contribution in [1.29, 1.82) is 0 Å². The second-order valence-electron chi connectivity index (χ2n) is 10.1. The van der Waals surface area contributed by atoms with Crippen LogP contribution in [0.3, 0.4) is 0 Å². The van der Waals surface area contributed by atoms with Gasteiger partial charge in [-0.1, -0.05) is 18.2 Å². The fourth-order valence-corrected chi connectivity index (χ4v) is 7.24. The number of anilines is 1. The second kappa shape index (κ2) is 13.0. The van der Waals surface area contributed by atoms with Crippen molar-refractivity contribution < 1.29 is 37.5 Å². The monoisotopic (exact) mass is 588 g/mol. The number of para-hydroxylation sites is 1. The van der Waals surface area contributed by atoms with Crippen molar-refractivity contribution in [2.45, 2.75) is 41.9 Å². The van der Waals surface area contributed by atoms with E-state index in [1.54, 1.807) is 43.8 Å². The lowest BCUT2D eigenvalue weighted by molar-refractivity contribution is -0.133. The summed E-state index contributed by atoms with van der Waals surface area (Å²) in [6.45, 7) is 3.89. The van der Waals surface area contributed by atoms with E-state index in [-0.39, 0.29) is 42.8 Å². The molecule has 2 N–H and O–H groups in total. The van der Waals surface area contributed by atoms with Gasteiger partial charge in [-0.25, -0.2) is 18.7 Å². The molecular weight excluding hydrogens is 552 g/mol. The highest BCUT2D eigenvalue weighted by molar-refractivity contribution is 7.93. The van der Waals surface area contributed by atoms with E-state index in [0.29, 0.717) is 44.1 Å². The van der Waals surface area contributed by atoms with Gasteiger partial charge in [0, 0.05) is 39.0 Å². The van der Waals surface area contributed by atoms with Gasteiger partial charge in [-0.15, -0.1) is 0 Å². The third-order valence-electron chi connectivity index (χ3n) is 7.72. The van der Waals surface area contributed by atoms with Crippen LogP contribution < -0.4 is 15.1 Å². The Kier molecular flexibility index (Phi) is 9.64. The number of methoxy groups -OCH3 is 1. The van der Waals surface area contributed by atoms with Gasteiger partial charge in [-0.05, 0) is 62.6 Å². The van der Waals surface area contributed by atoms with E-state index in [0.717, 1.165) is 0 Å². The average molecular weight is 589 g/mol. The van der Waals surface area contributed by atoms with Crippen LogP contribution >= 0.6 is 0 Å². The van der Waals surface area contributed by atoms with Gasteiger partial charge in [0.1, 0.15) is 11.8 Å². The van der Waals surface area contributed by atoms with Crippen molar-refractivity contribution in [3.05, 3.63) is 54.6 Å². The van der Waals surface area contributed by atoms with Crippen molar-refractivity contribution in [3.8, 4) is 5.75 Å². The Labute approximate surface area is 239 Å². The summed E-state index contributed by atoms with van der Waals surface area (Å²) in [6, 6.07) is 13.8. The Bertz CT molecular complexity index is 1330. The number of nitrogens with zero attached hydrogens (tertiary/aromatic N) is 3. The fraction of sp³-hybridized carbons (Fsp3) is 0.464. The standard InChI is InChI=1S/C28H36N4O8S/c1-21-25(33)31(27(35)32(21)22-7-4-3-5-8-22)15-6-19-40-23-9-11-24(12-10-23)41(37,38)28(26(34)29-36)13-16-30(17-14-28)18-20-39-2/h3-5,7-12,21,36H,6,13-20H2,1-2H3,(H,29,34)/t21-/m1/s1. The number of amides is 4. The van der Waals surface area contributed by atoms with Crippen molar-refractivity contribution in [1.82, 2.24) is 15.3 Å². The Morgan fingerprint density at radius 2 is 1.68 bits per heavy atom. The zero-order valence-corrected chi connectivity index (χ0v) is 24.0. The first kappa shape index (κ1) is 30.4. The lowest BCUT2D eigenvalue weighted by Gasteiger charge is -2.39. The van der Waals surface area contributed by atoms with E-state index >= 15 is 0 Å². The number of imide groups is 1. The summed E-state index contributed by atoms with van der Waals surface area (Å²) < 4.78 is 36.3. The summed E-state index contributed by atoms with van der Waals surface area (Å²) in [5, 5.41) is 9.37. The van der Waals surface area contributed by atoms with Gasteiger partial charge in [0.15, 0.2) is 14.6 Å². The first-order valence-electron chi connectivity index (χ1n) is 13.5. The number of carbonyl (C=O) groups is 3. The quantitative estimate of drug-likeness (QED) is 0.165. The molecule has 0 unspecified atom stereocenters. The van der Waals surface area contributed by atoms with Crippen LogP contribution in [-0.4, -0.2) is 98.6 Å².